The van der Waals surface area contributed by atoms with Crippen LogP contribution in [0.4, 0.5) is 0 Å². The van der Waals surface area contributed by atoms with Gasteiger partial charge in [0.05, 0.1) is 5.69 Å². The normalized spacial score (nSPS) is 12.7. The van der Waals surface area contributed by atoms with Gasteiger partial charge in [0.15, 0.2) is 0 Å². The Morgan fingerprint density at radius 1 is 1.29 bits per heavy atom. The zero-order chi connectivity index (χ0) is 15.6. The largest absolute Gasteiger partial charge is 0.439 e. The quantitative estimate of drug-likeness (QED) is 0.915. The lowest BCUT2D eigenvalue weighted by atomic mass is 10.0. The molecular weight excluding hydrogens is 262 g/mol. The SMILES string of the molecule is Cc1nn(C)c(Oc2cccc(C(C)C)c2)c1CC(C)N. The summed E-state index contributed by atoms with van der Waals surface area (Å²) in [6, 6.07) is 8.29. The number of hydrogen-bond acceptors (Lipinski definition) is 3. The standard InChI is InChI=1S/C17H25N3O/c1-11(2)14-7-6-8-15(10-14)21-17-16(9-12(3)18)13(4)19-20(17)5/h6-8,10-12H,9,18H2,1-5H3. The summed E-state index contributed by atoms with van der Waals surface area (Å²) in [7, 11) is 1.90. The molecule has 2 rings (SSSR count). The predicted octanol–water partition coefficient (Wildman–Crippen LogP) is 3.53. The van der Waals surface area contributed by atoms with Gasteiger partial charge in [-0.15, -0.1) is 0 Å². The Morgan fingerprint density at radius 2 is 2.00 bits per heavy atom. The minimum atomic E-state index is 0.0808. The van der Waals surface area contributed by atoms with Crippen LogP contribution in [-0.2, 0) is 13.5 Å². The first kappa shape index (κ1) is 15.6. The van der Waals surface area contributed by atoms with Gasteiger partial charge in [-0.3, -0.25) is 0 Å². The number of aryl methyl sites for hydroxylation is 2. The number of ether oxygens (including phenoxy) is 1. The number of benzene rings is 1. The van der Waals surface area contributed by atoms with Crippen molar-refractivity contribution in [1.29, 1.82) is 0 Å². The van der Waals surface area contributed by atoms with Crippen molar-refractivity contribution in [3.8, 4) is 11.6 Å². The fourth-order valence-electron chi connectivity index (χ4n) is 2.41. The highest BCUT2D eigenvalue weighted by molar-refractivity contribution is 5.38. The third-order valence-corrected chi connectivity index (χ3v) is 3.55. The minimum Gasteiger partial charge on any atom is -0.439 e. The highest BCUT2D eigenvalue weighted by Crippen LogP contribution is 2.29. The van der Waals surface area contributed by atoms with Gasteiger partial charge in [0, 0.05) is 18.7 Å². The fourth-order valence-corrected chi connectivity index (χ4v) is 2.41. The summed E-state index contributed by atoms with van der Waals surface area (Å²) in [4.78, 5) is 0. The van der Waals surface area contributed by atoms with Crippen LogP contribution in [0.15, 0.2) is 24.3 Å². The van der Waals surface area contributed by atoms with E-state index in [-0.39, 0.29) is 6.04 Å². The summed E-state index contributed by atoms with van der Waals surface area (Å²) in [5.74, 6) is 2.10. The van der Waals surface area contributed by atoms with Crippen LogP contribution in [0.3, 0.4) is 0 Å². The molecule has 0 saturated carbocycles. The molecule has 0 amide bonds. The van der Waals surface area contributed by atoms with Crippen LogP contribution in [0.5, 0.6) is 11.6 Å². The molecule has 0 saturated heterocycles. The summed E-state index contributed by atoms with van der Waals surface area (Å²) in [6.45, 7) is 8.34. The van der Waals surface area contributed by atoms with E-state index in [9.17, 15) is 0 Å². The van der Waals surface area contributed by atoms with Gasteiger partial charge in [0.1, 0.15) is 5.75 Å². The summed E-state index contributed by atoms with van der Waals surface area (Å²) < 4.78 is 7.88. The van der Waals surface area contributed by atoms with Crippen molar-refractivity contribution in [3.63, 3.8) is 0 Å². The highest BCUT2D eigenvalue weighted by Gasteiger charge is 2.17. The average molecular weight is 287 g/mol. The van der Waals surface area contributed by atoms with Crippen molar-refractivity contribution in [3.05, 3.63) is 41.1 Å². The lowest BCUT2D eigenvalue weighted by molar-refractivity contribution is 0.424. The van der Waals surface area contributed by atoms with Crippen LogP contribution in [0, 0.1) is 6.92 Å². The third-order valence-electron chi connectivity index (χ3n) is 3.55. The van der Waals surface area contributed by atoms with Gasteiger partial charge in [0.2, 0.25) is 5.88 Å². The van der Waals surface area contributed by atoms with Gasteiger partial charge < -0.3 is 10.5 Å². The molecule has 0 bridgehead atoms. The van der Waals surface area contributed by atoms with Crippen molar-refractivity contribution >= 4 is 0 Å². The maximum absolute atomic E-state index is 6.10. The molecule has 0 fully saturated rings. The minimum absolute atomic E-state index is 0.0808. The molecule has 1 aromatic carbocycles. The summed E-state index contributed by atoms with van der Waals surface area (Å²) in [6.07, 6.45) is 0.763. The van der Waals surface area contributed by atoms with E-state index in [1.54, 1.807) is 4.68 Å². The van der Waals surface area contributed by atoms with E-state index in [4.69, 9.17) is 10.5 Å². The number of rotatable bonds is 5. The molecule has 21 heavy (non-hydrogen) atoms. The second-order valence-corrected chi connectivity index (χ2v) is 6.00. The molecule has 4 nitrogen and oxygen atoms in total. The fraction of sp³-hybridized carbons (Fsp3) is 0.471. The Morgan fingerprint density at radius 3 is 2.62 bits per heavy atom. The maximum atomic E-state index is 6.10. The number of nitrogens with two attached hydrogens (primary N) is 1. The monoisotopic (exact) mass is 287 g/mol. The zero-order valence-corrected chi connectivity index (χ0v) is 13.6. The topological polar surface area (TPSA) is 53.1 Å². The van der Waals surface area contributed by atoms with E-state index in [0.717, 1.165) is 29.3 Å². The Hall–Kier alpha value is -1.81. The number of nitrogens with zero attached hydrogens (tertiary/aromatic N) is 2. The van der Waals surface area contributed by atoms with E-state index in [1.165, 1.54) is 5.56 Å². The van der Waals surface area contributed by atoms with Crippen LogP contribution in [0.25, 0.3) is 0 Å². The molecule has 0 aliphatic carbocycles. The van der Waals surface area contributed by atoms with E-state index in [2.05, 4.69) is 31.1 Å². The van der Waals surface area contributed by atoms with Crippen molar-refractivity contribution in [1.82, 2.24) is 9.78 Å². The first-order valence-corrected chi connectivity index (χ1v) is 7.44. The molecule has 4 heteroatoms. The Bertz CT molecular complexity index is 614. The number of hydrogen-bond donors (Lipinski definition) is 1. The Labute approximate surface area is 126 Å². The lowest BCUT2D eigenvalue weighted by Crippen LogP contribution is -2.18. The molecule has 0 aliphatic rings. The molecule has 0 aliphatic heterocycles. The van der Waals surface area contributed by atoms with Crippen molar-refractivity contribution < 1.29 is 4.74 Å². The molecule has 0 radical (unpaired) electrons. The molecule has 1 aromatic heterocycles. The number of aromatic nitrogens is 2. The van der Waals surface area contributed by atoms with Gasteiger partial charge in [-0.1, -0.05) is 26.0 Å². The molecule has 1 heterocycles. The van der Waals surface area contributed by atoms with E-state index >= 15 is 0 Å². The van der Waals surface area contributed by atoms with Crippen molar-refractivity contribution in [2.24, 2.45) is 12.8 Å². The van der Waals surface area contributed by atoms with Gasteiger partial charge in [-0.2, -0.15) is 5.10 Å². The van der Waals surface area contributed by atoms with Crippen LogP contribution in [-0.4, -0.2) is 15.8 Å². The molecular formula is C17H25N3O. The first-order chi connectivity index (χ1) is 9.88. The van der Waals surface area contributed by atoms with Crippen LogP contribution in [0.1, 0.15) is 43.5 Å². The van der Waals surface area contributed by atoms with E-state index in [1.807, 2.05) is 33.0 Å². The third kappa shape index (κ3) is 3.64. The average Bonchev–Trinajstić information content (AvgIpc) is 2.65. The smallest absolute Gasteiger partial charge is 0.221 e. The predicted molar refractivity (Wildman–Crippen MR) is 85.9 cm³/mol. The second kappa shape index (κ2) is 6.31. The van der Waals surface area contributed by atoms with Crippen LogP contribution in [0.2, 0.25) is 0 Å². The summed E-state index contributed by atoms with van der Waals surface area (Å²) >= 11 is 0. The first-order valence-electron chi connectivity index (χ1n) is 7.44. The summed E-state index contributed by atoms with van der Waals surface area (Å²) in [5, 5.41) is 4.45. The molecule has 114 valence electrons. The van der Waals surface area contributed by atoms with Crippen molar-refractivity contribution in [2.45, 2.75) is 46.1 Å². The molecule has 0 spiro atoms. The second-order valence-electron chi connectivity index (χ2n) is 6.00. The van der Waals surface area contributed by atoms with E-state index < -0.39 is 0 Å². The maximum Gasteiger partial charge on any atom is 0.221 e. The molecule has 2 N–H and O–H groups in total. The molecule has 1 unspecified atom stereocenters. The van der Waals surface area contributed by atoms with Crippen LogP contribution < -0.4 is 10.5 Å². The molecule has 2 aromatic rings. The Kier molecular flexibility index (Phi) is 4.68. The van der Waals surface area contributed by atoms with Gasteiger partial charge in [-0.25, -0.2) is 4.68 Å². The van der Waals surface area contributed by atoms with Gasteiger partial charge >= 0.3 is 0 Å². The lowest BCUT2D eigenvalue weighted by Gasteiger charge is -2.12. The van der Waals surface area contributed by atoms with Gasteiger partial charge in [-0.05, 0) is 43.9 Å². The van der Waals surface area contributed by atoms with Crippen LogP contribution >= 0.6 is 0 Å². The summed E-state index contributed by atoms with van der Waals surface area (Å²) in [5.41, 5.74) is 9.26. The molecule has 1 atom stereocenters. The van der Waals surface area contributed by atoms with Gasteiger partial charge in [0.25, 0.3) is 0 Å². The van der Waals surface area contributed by atoms with Crippen molar-refractivity contribution in [2.75, 3.05) is 0 Å². The Balaban J connectivity index is 2.33. The van der Waals surface area contributed by atoms with E-state index in [0.29, 0.717) is 5.92 Å². The highest BCUT2D eigenvalue weighted by atomic mass is 16.5. The zero-order valence-electron chi connectivity index (χ0n) is 13.6.